The molecule has 0 aliphatic carbocycles. The summed E-state index contributed by atoms with van der Waals surface area (Å²) in [5.41, 5.74) is 1.75. The van der Waals surface area contributed by atoms with Crippen molar-refractivity contribution < 1.29 is 9.50 Å². The molecule has 0 aromatic heterocycles. The van der Waals surface area contributed by atoms with Crippen molar-refractivity contribution in [1.82, 2.24) is 4.90 Å². The van der Waals surface area contributed by atoms with Crippen LogP contribution in [0, 0.1) is 5.82 Å². The lowest BCUT2D eigenvalue weighted by atomic mass is 9.94. The maximum absolute atomic E-state index is 13.6. The second-order valence-electron chi connectivity index (χ2n) is 3.98. The fourth-order valence-electron chi connectivity index (χ4n) is 2.01. The lowest BCUT2D eigenvalue weighted by Crippen LogP contribution is -2.40. The molecule has 1 aliphatic heterocycles. The summed E-state index contributed by atoms with van der Waals surface area (Å²) in [6.45, 7) is 0.684. The smallest absolute Gasteiger partial charge is 0.129 e. The molecule has 15 heavy (non-hydrogen) atoms. The van der Waals surface area contributed by atoms with Gasteiger partial charge in [-0.05, 0) is 31.2 Å². The van der Waals surface area contributed by atoms with E-state index in [1.807, 2.05) is 18.0 Å². The monoisotopic (exact) mass is 273 g/mol. The average molecular weight is 274 g/mol. The lowest BCUT2D eigenvalue weighted by molar-refractivity contribution is 0.130. The van der Waals surface area contributed by atoms with Gasteiger partial charge in [0.05, 0.1) is 6.61 Å². The van der Waals surface area contributed by atoms with Crippen molar-refractivity contribution in [3.63, 3.8) is 0 Å². The van der Waals surface area contributed by atoms with Crippen molar-refractivity contribution in [2.24, 2.45) is 0 Å². The Morgan fingerprint density at radius 3 is 3.00 bits per heavy atom. The molecule has 1 aliphatic rings. The second kappa shape index (κ2) is 4.20. The summed E-state index contributed by atoms with van der Waals surface area (Å²) >= 11 is 3.28. The molecule has 1 unspecified atom stereocenters. The summed E-state index contributed by atoms with van der Waals surface area (Å²) in [4.78, 5) is 1.99. The number of likely N-dealkylation sites (N-methyl/N-ethyl adjacent to an activating group) is 1. The van der Waals surface area contributed by atoms with E-state index in [0.29, 0.717) is 13.0 Å². The largest absolute Gasteiger partial charge is 0.395 e. The molecule has 82 valence electrons. The average Bonchev–Trinajstić information content (AvgIpc) is 2.18. The molecule has 0 amide bonds. The molecule has 1 aromatic rings. The molecule has 1 atom stereocenters. The summed E-state index contributed by atoms with van der Waals surface area (Å²) in [6.07, 6.45) is 0.707. The first-order valence-corrected chi connectivity index (χ1v) is 5.69. The third-order valence-corrected chi connectivity index (χ3v) is 3.41. The predicted octanol–water partition coefficient (Wildman–Crippen LogP) is 1.94. The summed E-state index contributed by atoms with van der Waals surface area (Å²) in [7, 11) is 1.91. The van der Waals surface area contributed by atoms with Crippen LogP contribution in [0.1, 0.15) is 11.1 Å². The van der Waals surface area contributed by atoms with Gasteiger partial charge in [-0.15, -0.1) is 0 Å². The molecular formula is C11H13BrFNO. The number of benzene rings is 1. The number of hydrogen-bond donors (Lipinski definition) is 1. The zero-order valence-electron chi connectivity index (χ0n) is 8.50. The number of fused-ring (bicyclic) bond motifs is 1. The molecule has 2 rings (SSSR count). The van der Waals surface area contributed by atoms with E-state index < -0.39 is 0 Å². The Morgan fingerprint density at radius 1 is 1.60 bits per heavy atom. The van der Waals surface area contributed by atoms with E-state index in [9.17, 15) is 9.50 Å². The van der Waals surface area contributed by atoms with Crippen molar-refractivity contribution in [3.05, 3.63) is 33.5 Å². The molecule has 0 fully saturated rings. The highest BCUT2D eigenvalue weighted by Gasteiger charge is 2.25. The van der Waals surface area contributed by atoms with E-state index >= 15 is 0 Å². The van der Waals surface area contributed by atoms with Crippen molar-refractivity contribution in [2.75, 3.05) is 13.7 Å². The maximum atomic E-state index is 13.6. The van der Waals surface area contributed by atoms with E-state index in [1.165, 1.54) is 6.07 Å². The Hall–Kier alpha value is -0.450. The topological polar surface area (TPSA) is 23.5 Å². The Bertz CT molecular complexity index is 383. The van der Waals surface area contributed by atoms with E-state index in [0.717, 1.165) is 15.6 Å². The minimum Gasteiger partial charge on any atom is -0.395 e. The highest BCUT2D eigenvalue weighted by atomic mass is 79.9. The minimum absolute atomic E-state index is 0.103. The Balaban J connectivity index is 2.40. The molecular weight excluding hydrogens is 261 g/mol. The van der Waals surface area contributed by atoms with Crippen LogP contribution in [0.25, 0.3) is 0 Å². The van der Waals surface area contributed by atoms with Crippen LogP contribution >= 0.6 is 15.9 Å². The van der Waals surface area contributed by atoms with Gasteiger partial charge in [0.15, 0.2) is 0 Å². The SMILES string of the molecule is CN1Cc2c(F)cc(Br)cc2CC1CO. The summed E-state index contributed by atoms with van der Waals surface area (Å²) < 4.78 is 14.4. The van der Waals surface area contributed by atoms with Gasteiger partial charge < -0.3 is 5.11 Å². The first-order chi connectivity index (χ1) is 7.11. The number of rotatable bonds is 1. The van der Waals surface area contributed by atoms with Gasteiger partial charge in [0, 0.05) is 22.6 Å². The van der Waals surface area contributed by atoms with Crippen LogP contribution in [0.4, 0.5) is 4.39 Å². The Labute approximate surface area is 96.8 Å². The van der Waals surface area contributed by atoms with Gasteiger partial charge in [-0.1, -0.05) is 15.9 Å². The van der Waals surface area contributed by atoms with Crippen LogP contribution in [0.5, 0.6) is 0 Å². The molecule has 0 saturated heterocycles. The lowest BCUT2D eigenvalue weighted by Gasteiger charge is -2.33. The number of aliphatic hydroxyl groups is 1. The van der Waals surface area contributed by atoms with Gasteiger partial charge in [-0.25, -0.2) is 4.39 Å². The molecule has 1 aromatic carbocycles. The number of hydrogen-bond acceptors (Lipinski definition) is 2. The van der Waals surface area contributed by atoms with Gasteiger partial charge in [0.25, 0.3) is 0 Å². The molecule has 1 heterocycles. The molecule has 1 N–H and O–H groups in total. The predicted molar refractivity (Wildman–Crippen MR) is 60.1 cm³/mol. The molecule has 2 nitrogen and oxygen atoms in total. The molecule has 4 heteroatoms. The zero-order chi connectivity index (χ0) is 11.0. The molecule has 0 bridgehead atoms. The van der Waals surface area contributed by atoms with Crippen molar-refractivity contribution in [3.8, 4) is 0 Å². The summed E-state index contributed by atoms with van der Waals surface area (Å²) in [5.74, 6) is -0.164. The van der Waals surface area contributed by atoms with Crippen molar-refractivity contribution in [2.45, 2.75) is 19.0 Å². The third kappa shape index (κ3) is 2.07. The molecule has 0 spiro atoms. The van der Waals surface area contributed by atoms with Crippen LogP contribution in [-0.2, 0) is 13.0 Å². The van der Waals surface area contributed by atoms with Gasteiger partial charge in [0.2, 0.25) is 0 Å². The fourth-order valence-corrected chi connectivity index (χ4v) is 2.49. The van der Waals surface area contributed by atoms with Gasteiger partial charge in [0.1, 0.15) is 5.82 Å². The first kappa shape index (κ1) is 11.0. The number of aliphatic hydroxyl groups excluding tert-OH is 1. The maximum Gasteiger partial charge on any atom is 0.129 e. The van der Waals surface area contributed by atoms with E-state index in [1.54, 1.807) is 0 Å². The zero-order valence-corrected chi connectivity index (χ0v) is 10.1. The van der Waals surface area contributed by atoms with Gasteiger partial charge in [-0.3, -0.25) is 4.90 Å². The van der Waals surface area contributed by atoms with Crippen LogP contribution in [-0.4, -0.2) is 29.7 Å². The van der Waals surface area contributed by atoms with Crippen molar-refractivity contribution in [1.29, 1.82) is 0 Å². The molecule has 0 saturated carbocycles. The molecule has 0 radical (unpaired) electrons. The van der Waals surface area contributed by atoms with Crippen LogP contribution in [0.2, 0.25) is 0 Å². The fraction of sp³-hybridized carbons (Fsp3) is 0.455. The Kier molecular flexibility index (Phi) is 3.09. The van der Waals surface area contributed by atoms with E-state index in [2.05, 4.69) is 15.9 Å². The van der Waals surface area contributed by atoms with E-state index in [4.69, 9.17) is 0 Å². The second-order valence-corrected chi connectivity index (χ2v) is 4.90. The van der Waals surface area contributed by atoms with Crippen LogP contribution in [0.15, 0.2) is 16.6 Å². The number of halogens is 2. The van der Waals surface area contributed by atoms with Gasteiger partial charge >= 0.3 is 0 Å². The van der Waals surface area contributed by atoms with Crippen molar-refractivity contribution >= 4 is 15.9 Å². The normalized spacial score (nSPS) is 21.5. The Morgan fingerprint density at radius 2 is 2.33 bits per heavy atom. The van der Waals surface area contributed by atoms with Crippen LogP contribution in [0.3, 0.4) is 0 Å². The van der Waals surface area contributed by atoms with Gasteiger partial charge in [-0.2, -0.15) is 0 Å². The summed E-state index contributed by atoms with van der Waals surface area (Å²) in [6, 6.07) is 3.53. The standard InChI is InChI=1S/C11H13BrFNO/c1-14-5-10-7(3-9(14)6-15)2-8(12)4-11(10)13/h2,4,9,15H,3,5-6H2,1H3. The quantitative estimate of drug-likeness (QED) is 0.846. The summed E-state index contributed by atoms with van der Waals surface area (Å²) in [5, 5.41) is 9.18. The highest BCUT2D eigenvalue weighted by molar-refractivity contribution is 9.10. The van der Waals surface area contributed by atoms with Crippen LogP contribution < -0.4 is 0 Å². The minimum atomic E-state index is -0.164. The third-order valence-electron chi connectivity index (χ3n) is 2.95. The highest BCUT2D eigenvalue weighted by Crippen LogP contribution is 2.27. The number of nitrogens with zero attached hydrogens (tertiary/aromatic N) is 1. The first-order valence-electron chi connectivity index (χ1n) is 4.89. The van der Waals surface area contributed by atoms with E-state index in [-0.39, 0.29) is 18.5 Å².